The molecule has 7 heteroatoms. The minimum absolute atomic E-state index is 0.00926. The number of aromatic nitrogens is 2. The molecule has 0 aliphatic carbocycles. The van der Waals surface area contributed by atoms with Gasteiger partial charge >= 0.3 is 0 Å². The molecule has 1 amide bonds. The van der Waals surface area contributed by atoms with E-state index in [0.29, 0.717) is 12.0 Å². The molecule has 2 aromatic rings. The van der Waals surface area contributed by atoms with E-state index in [1.54, 1.807) is 37.5 Å². The van der Waals surface area contributed by atoms with Gasteiger partial charge in [-0.3, -0.25) is 9.78 Å². The van der Waals surface area contributed by atoms with Gasteiger partial charge in [0.2, 0.25) is 0 Å². The van der Waals surface area contributed by atoms with Crippen LogP contribution in [0.5, 0.6) is 0 Å². The van der Waals surface area contributed by atoms with Gasteiger partial charge in [0.05, 0.1) is 11.8 Å². The zero-order chi connectivity index (χ0) is 16.9. The quantitative estimate of drug-likeness (QED) is 0.875. The second-order valence-corrected chi connectivity index (χ2v) is 7.23. The molecule has 2 rings (SSSR count). The summed E-state index contributed by atoms with van der Waals surface area (Å²) in [5, 5.41) is 2.97. The summed E-state index contributed by atoms with van der Waals surface area (Å²) in [5.74, 6) is -0.195. The van der Waals surface area contributed by atoms with Crippen LogP contribution in [0.1, 0.15) is 42.2 Å². The average molecular weight is 333 g/mol. The molecule has 2 aromatic heterocycles. The Labute approximate surface area is 135 Å². The molecular formula is C16H19N3O3S. The predicted molar refractivity (Wildman–Crippen MR) is 86.7 cm³/mol. The minimum Gasteiger partial charge on any atom is -0.345 e. The third-order valence-corrected chi connectivity index (χ3v) is 5.16. The van der Waals surface area contributed by atoms with Gasteiger partial charge in [0, 0.05) is 24.2 Å². The van der Waals surface area contributed by atoms with Crippen molar-refractivity contribution in [2.75, 3.05) is 5.75 Å². The van der Waals surface area contributed by atoms with E-state index in [1.807, 2.05) is 6.92 Å². The van der Waals surface area contributed by atoms with E-state index in [0.717, 1.165) is 5.56 Å². The number of hydrogen-bond acceptors (Lipinski definition) is 5. The van der Waals surface area contributed by atoms with E-state index in [1.165, 1.54) is 12.3 Å². The van der Waals surface area contributed by atoms with Gasteiger partial charge in [0.1, 0.15) is 0 Å². The standard InChI is InChI=1S/C16H19N3O3S/c1-3-14(19-16(20)12-7-9-17-10-8-12)13-5-6-15(18-11-13)23(21,22)4-2/h5-11,14H,3-4H2,1-2H3,(H,19,20)/t14-/m0/s1. The van der Waals surface area contributed by atoms with Crippen LogP contribution in [-0.2, 0) is 9.84 Å². The number of amides is 1. The molecule has 0 unspecified atom stereocenters. The summed E-state index contributed by atoms with van der Waals surface area (Å²) in [4.78, 5) is 20.1. The number of pyridine rings is 2. The normalized spacial score (nSPS) is 12.6. The highest BCUT2D eigenvalue weighted by Gasteiger charge is 2.17. The van der Waals surface area contributed by atoms with E-state index in [4.69, 9.17) is 0 Å². The second-order valence-electron chi connectivity index (χ2n) is 5.00. The molecular weight excluding hydrogens is 314 g/mol. The van der Waals surface area contributed by atoms with Crippen molar-refractivity contribution in [3.63, 3.8) is 0 Å². The lowest BCUT2D eigenvalue weighted by molar-refractivity contribution is 0.0935. The zero-order valence-corrected chi connectivity index (χ0v) is 13.9. The van der Waals surface area contributed by atoms with Gasteiger partial charge in [-0.2, -0.15) is 0 Å². The maximum absolute atomic E-state index is 12.2. The largest absolute Gasteiger partial charge is 0.345 e. The van der Waals surface area contributed by atoms with Crippen molar-refractivity contribution in [2.45, 2.75) is 31.3 Å². The van der Waals surface area contributed by atoms with E-state index < -0.39 is 9.84 Å². The molecule has 0 bridgehead atoms. The predicted octanol–water partition coefficient (Wildman–Crippen LogP) is 2.15. The van der Waals surface area contributed by atoms with Gasteiger partial charge in [-0.25, -0.2) is 13.4 Å². The molecule has 0 saturated heterocycles. The molecule has 0 aliphatic rings. The Bertz CT molecular complexity index is 759. The van der Waals surface area contributed by atoms with Crippen molar-refractivity contribution in [2.24, 2.45) is 0 Å². The van der Waals surface area contributed by atoms with Crippen LogP contribution in [0, 0.1) is 0 Å². The van der Waals surface area contributed by atoms with Crippen LogP contribution < -0.4 is 5.32 Å². The Hall–Kier alpha value is -2.28. The van der Waals surface area contributed by atoms with Crippen molar-refractivity contribution in [3.05, 3.63) is 54.0 Å². The lowest BCUT2D eigenvalue weighted by atomic mass is 10.1. The lowest BCUT2D eigenvalue weighted by Gasteiger charge is -2.17. The van der Waals surface area contributed by atoms with Gasteiger partial charge < -0.3 is 5.32 Å². The minimum atomic E-state index is -3.32. The van der Waals surface area contributed by atoms with Crippen LogP contribution in [0.3, 0.4) is 0 Å². The van der Waals surface area contributed by atoms with E-state index in [-0.39, 0.29) is 22.7 Å². The molecule has 0 fully saturated rings. The summed E-state index contributed by atoms with van der Waals surface area (Å²) in [6.45, 7) is 3.52. The molecule has 6 nitrogen and oxygen atoms in total. The van der Waals surface area contributed by atoms with E-state index in [2.05, 4.69) is 15.3 Å². The zero-order valence-electron chi connectivity index (χ0n) is 13.1. The number of sulfone groups is 1. The van der Waals surface area contributed by atoms with Gasteiger partial charge in [0.15, 0.2) is 14.9 Å². The van der Waals surface area contributed by atoms with Gasteiger partial charge in [-0.05, 0) is 30.2 Å². The van der Waals surface area contributed by atoms with Crippen LogP contribution in [-0.4, -0.2) is 30.0 Å². The van der Waals surface area contributed by atoms with Gasteiger partial charge in [-0.1, -0.05) is 19.9 Å². The van der Waals surface area contributed by atoms with E-state index >= 15 is 0 Å². The molecule has 0 spiro atoms. The highest BCUT2D eigenvalue weighted by Crippen LogP contribution is 2.18. The summed E-state index contributed by atoms with van der Waals surface area (Å²) in [7, 11) is -3.32. The Balaban J connectivity index is 2.17. The van der Waals surface area contributed by atoms with Gasteiger partial charge in [-0.15, -0.1) is 0 Å². The topological polar surface area (TPSA) is 89.0 Å². The summed E-state index contributed by atoms with van der Waals surface area (Å²) in [6, 6.07) is 6.21. The third kappa shape index (κ3) is 4.13. The fraction of sp³-hybridized carbons (Fsp3) is 0.312. The number of rotatable bonds is 6. The molecule has 0 saturated carbocycles. The monoisotopic (exact) mass is 333 g/mol. The molecule has 122 valence electrons. The maximum Gasteiger partial charge on any atom is 0.251 e. The summed E-state index contributed by atoms with van der Waals surface area (Å²) >= 11 is 0. The fourth-order valence-corrected chi connectivity index (χ4v) is 2.88. The Kier molecular flexibility index (Phi) is 5.44. The Morgan fingerprint density at radius 3 is 2.39 bits per heavy atom. The Morgan fingerprint density at radius 2 is 1.87 bits per heavy atom. The number of carbonyl (C=O) groups is 1. The Morgan fingerprint density at radius 1 is 1.17 bits per heavy atom. The first kappa shape index (κ1) is 17.1. The van der Waals surface area contributed by atoms with Crippen LogP contribution >= 0.6 is 0 Å². The molecule has 2 heterocycles. The lowest BCUT2D eigenvalue weighted by Crippen LogP contribution is -2.28. The number of nitrogens with one attached hydrogen (secondary N) is 1. The molecule has 0 radical (unpaired) electrons. The SMILES string of the molecule is CC[C@H](NC(=O)c1ccncc1)c1ccc(S(=O)(=O)CC)nc1. The second kappa shape index (κ2) is 7.32. The first-order valence-electron chi connectivity index (χ1n) is 7.37. The number of nitrogens with zero attached hydrogens (tertiary/aromatic N) is 2. The highest BCUT2D eigenvalue weighted by atomic mass is 32.2. The first-order chi connectivity index (χ1) is 11.0. The number of carbonyl (C=O) groups excluding carboxylic acids is 1. The highest BCUT2D eigenvalue weighted by molar-refractivity contribution is 7.91. The van der Waals surface area contributed by atoms with Crippen molar-refractivity contribution >= 4 is 15.7 Å². The maximum atomic E-state index is 12.2. The summed E-state index contributed by atoms with van der Waals surface area (Å²) < 4.78 is 23.6. The van der Waals surface area contributed by atoms with Crippen molar-refractivity contribution in [3.8, 4) is 0 Å². The van der Waals surface area contributed by atoms with E-state index in [9.17, 15) is 13.2 Å². The molecule has 23 heavy (non-hydrogen) atoms. The fourth-order valence-electron chi connectivity index (χ4n) is 2.10. The summed E-state index contributed by atoms with van der Waals surface area (Å²) in [5.41, 5.74) is 1.29. The average Bonchev–Trinajstić information content (AvgIpc) is 2.60. The smallest absolute Gasteiger partial charge is 0.251 e. The first-order valence-corrected chi connectivity index (χ1v) is 9.02. The van der Waals surface area contributed by atoms with Crippen molar-refractivity contribution < 1.29 is 13.2 Å². The molecule has 1 atom stereocenters. The van der Waals surface area contributed by atoms with Crippen LogP contribution in [0.25, 0.3) is 0 Å². The van der Waals surface area contributed by atoms with Crippen LogP contribution in [0.2, 0.25) is 0 Å². The van der Waals surface area contributed by atoms with Crippen molar-refractivity contribution in [1.29, 1.82) is 0 Å². The summed E-state index contributed by atoms with van der Waals surface area (Å²) in [6.07, 6.45) is 5.28. The molecule has 1 N–H and O–H groups in total. The van der Waals surface area contributed by atoms with Crippen molar-refractivity contribution in [1.82, 2.24) is 15.3 Å². The van der Waals surface area contributed by atoms with Crippen LogP contribution in [0.4, 0.5) is 0 Å². The van der Waals surface area contributed by atoms with Crippen LogP contribution in [0.15, 0.2) is 47.9 Å². The molecule has 0 aliphatic heterocycles. The van der Waals surface area contributed by atoms with Gasteiger partial charge in [0.25, 0.3) is 5.91 Å². The third-order valence-electron chi connectivity index (χ3n) is 3.52. The molecule has 0 aromatic carbocycles. The number of hydrogen-bond donors (Lipinski definition) is 1.